The molecule has 0 spiro atoms. The standard InChI is InChI=1S/C11H8Cl3NOS/c12-6-1-2-17-11(6)5-16-10-4-8(14)7(13)3-9(10)15/h1-4H,5,15H2. The van der Waals surface area contributed by atoms with Crippen LogP contribution in [0.3, 0.4) is 0 Å². The van der Waals surface area contributed by atoms with Crippen LogP contribution in [0, 0.1) is 0 Å². The number of nitrogens with two attached hydrogens (primary N) is 1. The van der Waals surface area contributed by atoms with Gasteiger partial charge in [-0.15, -0.1) is 11.3 Å². The zero-order chi connectivity index (χ0) is 12.4. The van der Waals surface area contributed by atoms with E-state index in [2.05, 4.69) is 0 Å². The molecule has 0 atom stereocenters. The quantitative estimate of drug-likeness (QED) is 0.821. The number of nitrogen functional groups attached to an aromatic ring is 1. The van der Waals surface area contributed by atoms with Gasteiger partial charge in [-0.25, -0.2) is 0 Å². The molecular weight excluding hydrogens is 301 g/mol. The van der Waals surface area contributed by atoms with Crippen molar-refractivity contribution >= 4 is 51.8 Å². The number of ether oxygens (including phenoxy) is 1. The molecule has 2 nitrogen and oxygen atoms in total. The Morgan fingerprint density at radius 1 is 1.12 bits per heavy atom. The van der Waals surface area contributed by atoms with Crippen molar-refractivity contribution in [3.8, 4) is 5.75 Å². The first kappa shape index (κ1) is 12.8. The van der Waals surface area contributed by atoms with Crippen molar-refractivity contribution in [2.75, 3.05) is 5.73 Å². The number of anilines is 1. The molecule has 0 bridgehead atoms. The second kappa shape index (κ2) is 5.36. The maximum atomic E-state index is 5.95. The summed E-state index contributed by atoms with van der Waals surface area (Å²) in [6.45, 7) is 0.360. The molecule has 2 N–H and O–H groups in total. The molecule has 90 valence electrons. The minimum atomic E-state index is 0.360. The zero-order valence-corrected chi connectivity index (χ0v) is 11.6. The lowest BCUT2D eigenvalue weighted by Gasteiger charge is -2.09. The molecule has 0 unspecified atom stereocenters. The molecule has 0 aliphatic heterocycles. The molecular formula is C11H8Cl3NOS. The van der Waals surface area contributed by atoms with E-state index in [4.69, 9.17) is 45.3 Å². The highest BCUT2D eigenvalue weighted by molar-refractivity contribution is 7.10. The molecule has 0 aliphatic carbocycles. The van der Waals surface area contributed by atoms with Gasteiger partial charge in [0, 0.05) is 6.07 Å². The molecule has 0 saturated heterocycles. The fraction of sp³-hybridized carbons (Fsp3) is 0.0909. The van der Waals surface area contributed by atoms with Crippen LogP contribution in [0.4, 0.5) is 5.69 Å². The van der Waals surface area contributed by atoms with Crippen LogP contribution in [0.15, 0.2) is 23.6 Å². The van der Waals surface area contributed by atoms with Gasteiger partial charge in [0.25, 0.3) is 0 Å². The van der Waals surface area contributed by atoms with Gasteiger partial charge >= 0.3 is 0 Å². The predicted octanol–water partition coefficient (Wildman–Crippen LogP) is 4.87. The van der Waals surface area contributed by atoms with Gasteiger partial charge in [0.2, 0.25) is 0 Å². The molecule has 1 aromatic carbocycles. The number of benzene rings is 1. The van der Waals surface area contributed by atoms with Crippen LogP contribution in [0.1, 0.15) is 4.88 Å². The average Bonchev–Trinajstić information content (AvgIpc) is 2.68. The summed E-state index contributed by atoms with van der Waals surface area (Å²) >= 11 is 19.2. The van der Waals surface area contributed by atoms with E-state index in [1.54, 1.807) is 12.1 Å². The van der Waals surface area contributed by atoms with Crippen molar-refractivity contribution in [1.82, 2.24) is 0 Å². The van der Waals surface area contributed by atoms with Crippen molar-refractivity contribution in [2.45, 2.75) is 6.61 Å². The normalized spacial score (nSPS) is 10.5. The number of hydrogen-bond donors (Lipinski definition) is 1. The Balaban J connectivity index is 2.14. The second-order valence-electron chi connectivity index (χ2n) is 3.28. The molecule has 1 aromatic heterocycles. The largest absolute Gasteiger partial charge is 0.486 e. The van der Waals surface area contributed by atoms with Gasteiger partial charge < -0.3 is 10.5 Å². The van der Waals surface area contributed by atoms with Crippen molar-refractivity contribution in [3.63, 3.8) is 0 Å². The molecule has 0 aliphatic rings. The van der Waals surface area contributed by atoms with Gasteiger partial charge in [0.15, 0.2) is 0 Å². The topological polar surface area (TPSA) is 35.2 Å². The van der Waals surface area contributed by atoms with Gasteiger partial charge in [-0.2, -0.15) is 0 Å². The Bertz CT molecular complexity index is 542. The van der Waals surface area contributed by atoms with Crippen LogP contribution in [0.25, 0.3) is 0 Å². The zero-order valence-electron chi connectivity index (χ0n) is 8.54. The van der Waals surface area contributed by atoms with E-state index in [1.165, 1.54) is 11.3 Å². The fourth-order valence-corrected chi connectivity index (χ4v) is 2.57. The summed E-state index contributed by atoms with van der Waals surface area (Å²) in [4.78, 5) is 0.942. The number of thiophene rings is 1. The Morgan fingerprint density at radius 3 is 2.47 bits per heavy atom. The third kappa shape index (κ3) is 2.99. The predicted molar refractivity (Wildman–Crippen MR) is 74.5 cm³/mol. The second-order valence-corrected chi connectivity index (χ2v) is 5.51. The van der Waals surface area contributed by atoms with Gasteiger partial charge in [-0.1, -0.05) is 34.8 Å². The van der Waals surface area contributed by atoms with E-state index in [9.17, 15) is 0 Å². The third-order valence-electron chi connectivity index (χ3n) is 2.10. The molecule has 0 amide bonds. The van der Waals surface area contributed by atoms with Crippen molar-refractivity contribution in [2.24, 2.45) is 0 Å². The van der Waals surface area contributed by atoms with E-state index in [0.717, 1.165) is 4.88 Å². The van der Waals surface area contributed by atoms with Crippen LogP contribution < -0.4 is 10.5 Å². The first-order valence-corrected chi connectivity index (χ1v) is 6.68. The lowest BCUT2D eigenvalue weighted by molar-refractivity contribution is 0.311. The Hall–Kier alpha value is -0.610. The Labute approximate surface area is 118 Å². The minimum Gasteiger partial charge on any atom is -0.486 e. The van der Waals surface area contributed by atoms with Crippen LogP contribution >= 0.6 is 46.1 Å². The minimum absolute atomic E-state index is 0.360. The van der Waals surface area contributed by atoms with E-state index in [1.807, 2.05) is 11.4 Å². The SMILES string of the molecule is Nc1cc(Cl)c(Cl)cc1OCc1sccc1Cl. The average molecular weight is 309 g/mol. The number of hydrogen-bond acceptors (Lipinski definition) is 3. The lowest BCUT2D eigenvalue weighted by atomic mass is 10.3. The van der Waals surface area contributed by atoms with E-state index in [-0.39, 0.29) is 0 Å². The highest BCUT2D eigenvalue weighted by Gasteiger charge is 2.08. The van der Waals surface area contributed by atoms with Crippen LogP contribution in [0.2, 0.25) is 15.1 Å². The monoisotopic (exact) mass is 307 g/mol. The first-order valence-electron chi connectivity index (χ1n) is 4.67. The van der Waals surface area contributed by atoms with Crippen LogP contribution in [-0.2, 0) is 6.61 Å². The van der Waals surface area contributed by atoms with Crippen molar-refractivity contribution < 1.29 is 4.74 Å². The first-order chi connectivity index (χ1) is 8.08. The van der Waals surface area contributed by atoms with E-state index < -0.39 is 0 Å². The molecule has 2 rings (SSSR count). The Kier molecular flexibility index (Phi) is 4.05. The lowest BCUT2D eigenvalue weighted by Crippen LogP contribution is -1.97. The molecule has 0 saturated carbocycles. The smallest absolute Gasteiger partial charge is 0.144 e. The van der Waals surface area contributed by atoms with E-state index in [0.29, 0.717) is 33.1 Å². The summed E-state index contributed by atoms with van der Waals surface area (Å²) in [5, 5.41) is 3.41. The fourth-order valence-electron chi connectivity index (χ4n) is 1.24. The summed E-state index contributed by atoms with van der Waals surface area (Å²) in [7, 11) is 0. The molecule has 1 heterocycles. The van der Waals surface area contributed by atoms with Gasteiger partial charge in [0.1, 0.15) is 12.4 Å². The molecule has 17 heavy (non-hydrogen) atoms. The van der Waals surface area contributed by atoms with Gasteiger partial charge in [-0.05, 0) is 17.5 Å². The number of halogens is 3. The van der Waals surface area contributed by atoms with Crippen LogP contribution in [0.5, 0.6) is 5.75 Å². The van der Waals surface area contributed by atoms with Gasteiger partial charge in [-0.3, -0.25) is 0 Å². The Morgan fingerprint density at radius 2 is 1.82 bits per heavy atom. The molecule has 2 aromatic rings. The summed E-state index contributed by atoms with van der Waals surface area (Å²) in [5.74, 6) is 0.504. The summed E-state index contributed by atoms with van der Waals surface area (Å²) < 4.78 is 5.56. The van der Waals surface area contributed by atoms with E-state index >= 15 is 0 Å². The summed E-state index contributed by atoms with van der Waals surface area (Å²) in [6, 6.07) is 4.99. The summed E-state index contributed by atoms with van der Waals surface area (Å²) in [5.41, 5.74) is 6.22. The van der Waals surface area contributed by atoms with Crippen LogP contribution in [-0.4, -0.2) is 0 Å². The molecule has 0 radical (unpaired) electrons. The van der Waals surface area contributed by atoms with Gasteiger partial charge in [0.05, 0.1) is 25.6 Å². The summed E-state index contributed by atoms with van der Waals surface area (Å²) in [6.07, 6.45) is 0. The maximum Gasteiger partial charge on any atom is 0.144 e. The third-order valence-corrected chi connectivity index (χ3v) is 4.19. The maximum absolute atomic E-state index is 5.95. The van der Waals surface area contributed by atoms with Crippen molar-refractivity contribution in [1.29, 1.82) is 0 Å². The van der Waals surface area contributed by atoms with Crippen molar-refractivity contribution in [3.05, 3.63) is 43.5 Å². The highest BCUT2D eigenvalue weighted by Crippen LogP contribution is 2.33. The molecule has 0 fully saturated rings. The molecule has 6 heteroatoms. The highest BCUT2D eigenvalue weighted by atomic mass is 35.5. The number of rotatable bonds is 3.